The molecule has 1 atom stereocenters. The van der Waals surface area contributed by atoms with Gasteiger partial charge in [0, 0.05) is 12.2 Å². The van der Waals surface area contributed by atoms with Crippen LogP contribution in [0.4, 0.5) is 5.69 Å². The molecule has 28 heavy (non-hydrogen) atoms. The summed E-state index contributed by atoms with van der Waals surface area (Å²) in [7, 11) is 1.51. The lowest BCUT2D eigenvalue weighted by atomic mass is 10.1. The van der Waals surface area contributed by atoms with Crippen LogP contribution < -0.4 is 9.64 Å². The van der Waals surface area contributed by atoms with Gasteiger partial charge in [-0.05, 0) is 47.9 Å². The third-order valence-electron chi connectivity index (χ3n) is 5.07. The maximum absolute atomic E-state index is 12.9. The quantitative estimate of drug-likeness (QED) is 0.647. The molecule has 5 heteroatoms. The number of benzene rings is 3. The van der Waals surface area contributed by atoms with Gasteiger partial charge in [0.05, 0.1) is 7.11 Å². The van der Waals surface area contributed by atoms with Gasteiger partial charge < -0.3 is 14.4 Å². The molecule has 1 aliphatic heterocycles. The molecule has 0 spiro atoms. The van der Waals surface area contributed by atoms with E-state index in [1.54, 1.807) is 24.0 Å². The summed E-state index contributed by atoms with van der Waals surface area (Å²) in [5.41, 5.74) is 2.33. The lowest BCUT2D eigenvalue weighted by Gasteiger charge is -2.22. The van der Waals surface area contributed by atoms with Crippen molar-refractivity contribution in [3.8, 4) is 5.75 Å². The molecule has 1 heterocycles. The minimum Gasteiger partial charge on any atom is -0.496 e. The van der Waals surface area contributed by atoms with E-state index in [9.17, 15) is 9.59 Å². The van der Waals surface area contributed by atoms with E-state index in [0.717, 1.165) is 28.4 Å². The minimum absolute atomic E-state index is 0.224. The van der Waals surface area contributed by atoms with Crippen LogP contribution in [0.1, 0.15) is 22.8 Å². The first-order chi connectivity index (χ1) is 13.6. The largest absolute Gasteiger partial charge is 0.496 e. The summed E-state index contributed by atoms with van der Waals surface area (Å²) in [6, 6.07) is 19.0. The van der Waals surface area contributed by atoms with Crippen LogP contribution in [0.3, 0.4) is 0 Å². The molecule has 4 rings (SSSR count). The van der Waals surface area contributed by atoms with E-state index in [-0.39, 0.29) is 5.91 Å². The van der Waals surface area contributed by atoms with E-state index in [0.29, 0.717) is 17.9 Å². The summed E-state index contributed by atoms with van der Waals surface area (Å²) in [5, 5.41) is 1.87. The van der Waals surface area contributed by atoms with Crippen molar-refractivity contribution in [1.29, 1.82) is 0 Å². The predicted octanol–water partition coefficient (Wildman–Crippen LogP) is 3.98. The fourth-order valence-corrected chi connectivity index (χ4v) is 3.61. The Labute approximate surface area is 163 Å². The highest BCUT2D eigenvalue weighted by molar-refractivity contribution is 6.02. The smallest absolute Gasteiger partial charge is 0.342 e. The number of para-hydroxylation sites is 1. The highest BCUT2D eigenvalue weighted by Crippen LogP contribution is 2.29. The normalized spacial score (nSPS) is 13.9. The zero-order chi connectivity index (χ0) is 19.7. The number of ether oxygens (including phenoxy) is 2. The topological polar surface area (TPSA) is 55.8 Å². The molecule has 3 aromatic carbocycles. The molecule has 0 saturated heterocycles. The number of hydrogen-bond acceptors (Lipinski definition) is 4. The van der Waals surface area contributed by atoms with Crippen molar-refractivity contribution in [3.05, 3.63) is 71.8 Å². The number of fused-ring (bicyclic) bond motifs is 2. The van der Waals surface area contributed by atoms with E-state index in [4.69, 9.17) is 9.47 Å². The summed E-state index contributed by atoms with van der Waals surface area (Å²) in [4.78, 5) is 27.3. The molecule has 3 aromatic rings. The van der Waals surface area contributed by atoms with Crippen LogP contribution in [0.15, 0.2) is 60.7 Å². The predicted molar refractivity (Wildman–Crippen MR) is 108 cm³/mol. The molecule has 0 radical (unpaired) electrons. The number of nitrogens with zero attached hydrogens (tertiary/aromatic N) is 1. The van der Waals surface area contributed by atoms with E-state index >= 15 is 0 Å². The van der Waals surface area contributed by atoms with Crippen LogP contribution in [-0.4, -0.2) is 31.6 Å². The van der Waals surface area contributed by atoms with Crippen LogP contribution in [0.2, 0.25) is 0 Å². The molecular weight excluding hydrogens is 354 g/mol. The van der Waals surface area contributed by atoms with Gasteiger partial charge in [-0.2, -0.15) is 0 Å². The Morgan fingerprint density at radius 2 is 1.68 bits per heavy atom. The first-order valence-electron chi connectivity index (χ1n) is 9.25. The third-order valence-corrected chi connectivity index (χ3v) is 5.07. The van der Waals surface area contributed by atoms with Crippen LogP contribution in [-0.2, 0) is 16.0 Å². The molecule has 0 aliphatic carbocycles. The Kier molecular flexibility index (Phi) is 4.74. The minimum atomic E-state index is -0.894. The third kappa shape index (κ3) is 3.20. The zero-order valence-corrected chi connectivity index (χ0v) is 15.8. The number of esters is 1. The summed E-state index contributed by atoms with van der Waals surface area (Å²) in [5.74, 6) is -0.371. The number of rotatable bonds is 4. The summed E-state index contributed by atoms with van der Waals surface area (Å²) in [6.45, 7) is 2.20. The van der Waals surface area contributed by atoms with Gasteiger partial charge in [-0.15, -0.1) is 0 Å². The number of hydrogen-bond donors (Lipinski definition) is 0. The average molecular weight is 375 g/mol. The lowest BCUT2D eigenvalue weighted by Crippen LogP contribution is -2.39. The molecule has 0 unspecified atom stereocenters. The number of methoxy groups -OCH3 is 1. The molecule has 142 valence electrons. The maximum atomic E-state index is 12.9. The second kappa shape index (κ2) is 7.35. The fourth-order valence-electron chi connectivity index (χ4n) is 3.61. The molecule has 1 aliphatic rings. The number of anilines is 1. The van der Waals surface area contributed by atoms with Gasteiger partial charge in [0.25, 0.3) is 5.91 Å². The Morgan fingerprint density at radius 3 is 2.43 bits per heavy atom. The Morgan fingerprint density at radius 1 is 1.00 bits per heavy atom. The van der Waals surface area contributed by atoms with Gasteiger partial charge in [-0.3, -0.25) is 4.79 Å². The highest BCUT2D eigenvalue weighted by Gasteiger charge is 2.30. The number of amides is 1. The lowest BCUT2D eigenvalue weighted by molar-refractivity contribution is -0.126. The highest BCUT2D eigenvalue weighted by atomic mass is 16.5. The standard InChI is InChI=1S/C23H21NO4/c1-15(22(25)24-12-11-16-7-5-6-10-20(16)24)28-23(26)19-13-17-8-3-4-9-18(17)14-21(19)27-2/h3-10,13-15H,11-12H2,1-2H3/t15-/m0/s1. The van der Waals surface area contributed by atoms with Crippen molar-refractivity contribution in [3.63, 3.8) is 0 Å². The Hall–Kier alpha value is -3.34. The first-order valence-corrected chi connectivity index (χ1v) is 9.25. The van der Waals surface area contributed by atoms with Crippen molar-refractivity contribution >= 4 is 28.3 Å². The first kappa shape index (κ1) is 18.0. The average Bonchev–Trinajstić information content (AvgIpc) is 3.16. The van der Waals surface area contributed by atoms with E-state index < -0.39 is 12.1 Å². The van der Waals surface area contributed by atoms with Crippen LogP contribution in [0.25, 0.3) is 10.8 Å². The second-order valence-corrected chi connectivity index (χ2v) is 6.82. The summed E-state index contributed by atoms with van der Waals surface area (Å²) in [6.07, 6.45) is -0.0870. The monoisotopic (exact) mass is 375 g/mol. The Balaban J connectivity index is 1.55. The number of carbonyl (C=O) groups excluding carboxylic acids is 2. The molecule has 0 aromatic heterocycles. The van der Waals surface area contributed by atoms with E-state index in [1.165, 1.54) is 7.11 Å². The zero-order valence-electron chi connectivity index (χ0n) is 15.8. The van der Waals surface area contributed by atoms with E-state index in [2.05, 4.69) is 0 Å². The maximum Gasteiger partial charge on any atom is 0.342 e. The van der Waals surface area contributed by atoms with Crippen LogP contribution in [0.5, 0.6) is 5.75 Å². The molecule has 0 saturated carbocycles. The van der Waals surface area contributed by atoms with Gasteiger partial charge in [0.2, 0.25) is 0 Å². The van der Waals surface area contributed by atoms with Crippen molar-refractivity contribution in [2.75, 3.05) is 18.6 Å². The van der Waals surface area contributed by atoms with Crippen LogP contribution >= 0.6 is 0 Å². The van der Waals surface area contributed by atoms with Gasteiger partial charge >= 0.3 is 5.97 Å². The van der Waals surface area contributed by atoms with Gasteiger partial charge in [-0.1, -0.05) is 42.5 Å². The molecule has 1 amide bonds. The van der Waals surface area contributed by atoms with Gasteiger partial charge in [0.15, 0.2) is 6.10 Å². The number of carbonyl (C=O) groups is 2. The van der Waals surface area contributed by atoms with Gasteiger partial charge in [-0.25, -0.2) is 4.79 Å². The summed E-state index contributed by atoms with van der Waals surface area (Å²) < 4.78 is 10.9. The van der Waals surface area contributed by atoms with Crippen molar-refractivity contribution in [2.45, 2.75) is 19.4 Å². The van der Waals surface area contributed by atoms with Crippen molar-refractivity contribution in [2.24, 2.45) is 0 Å². The van der Waals surface area contributed by atoms with Crippen molar-refractivity contribution in [1.82, 2.24) is 0 Å². The molecule has 0 bridgehead atoms. The SMILES string of the molecule is COc1cc2ccccc2cc1C(=O)O[C@@H](C)C(=O)N1CCc2ccccc21. The molecular formula is C23H21NO4. The Bertz CT molecular complexity index is 1060. The summed E-state index contributed by atoms with van der Waals surface area (Å²) >= 11 is 0. The molecule has 0 N–H and O–H groups in total. The van der Waals surface area contributed by atoms with Crippen molar-refractivity contribution < 1.29 is 19.1 Å². The molecule has 5 nitrogen and oxygen atoms in total. The molecule has 0 fully saturated rings. The van der Waals surface area contributed by atoms with Gasteiger partial charge in [0.1, 0.15) is 11.3 Å². The fraction of sp³-hybridized carbons (Fsp3) is 0.217. The second-order valence-electron chi connectivity index (χ2n) is 6.82. The van der Waals surface area contributed by atoms with E-state index in [1.807, 2.05) is 48.5 Å². The van der Waals surface area contributed by atoms with Crippen LogP contribution in [0, 0.1) is 0 Å².